The Bertz CT molecular complexity index is 353. The number of carbonyl (C=O) groups excluding carboxylic acids is 2. The Hall–Kier alpha value is -1.10. The molecule has 4 atom stereocenters. The molecule has 1 saturated heterocycles. The highest BCUT2D eigenvalue weighted by molar-refractivity contribution is 5.66. The molecule has 0 aromatic heterocycles. The molecule has 122 valence electrons. The topological polar surface area (TPSA) is 61.8 Å². The zero-order valence-electron chi connectivity index (χ0n) is 13.8. The van der Waals surface area contributed by atoms with E-state index in [0.717, 1.165) is 12.8 Å². The van der Waals surface area contributed by atoms with Crippen molar-refractivity contribution < 1.29 is 23.8 Å². The SMILES string of the molecule is CC(=O)O[C@H](CC(C)C)C[C@@H]1C[C@H](OC(C)=O)C[C@H](C)O1. The second-order valence-electron chi connectivity index (χ2n) is 6.37. The fraction of sp³-hybridized carbons (Fsp3) is 0.875. The molecule has 5 heteroatoms. The summed E-state index contributed by atoms with van der Waals surface area (Å²) in [6.45, 7) is 9.03. The van der Waals surface area contributed by atoms with Crippen molar-refractivity contribution in [2.75, 3.05) is 0 Å². The summed E-state index contributed by atoms with van der Waals surface area (Å²) in [7, 11) is 0. The number of rotatable bonds is 6. The summed E-state index contributed by atoms with van der Waals surface area (Å²) >= 11 is 0. The molecule has 1 fully saturated rings. The molecule has 0 aliphatic carbocycles. The Kier molecular flexibility index (Phi) is 7.15. The zero-order chi connectivity index (χ0) is 16.0. The maximum absolute atomic E-state index is 11.2. The van der Waals surface area contributed by atoms with Crippen molar-refractivity contribution in [1.29, 1.82) is 0 Å². The Morgan fingerprint density at radius 3 is 2.38 bits per heavy atom. The van der Waals surface area contributed by atoms with Crippen LogP contribution < -0.4 is 0 Å². The van der Waals surface area contributed by atoms with E-state index in [1.165, 1.54) is 13.8 Å². The molecule has 21 heavy (non-hydrogen) atoms. The van der Waals surface area contributed by atoms with Crippen LogP contribution in [-0.4, -0.2) is 36.4 Å². The lowest BCUT2D eigenvalue weighted by Crippen LogP contribution is -2.39. The first kappa shape index (κ1) is 18.0. The second kappa shape index (κ2) is 8.37. The summed E-state index contributed by atoms with van der Waals surface area (Å²) in [5.74, 6) is -0.0766. The van der Waals surface area contributed by atoms with Gasteiger partial charge in [0.15, 0.2) is 0 Å². The van der Waals surface area contributed by atoms with Crippen molar-refractivity contribution in [2.45, 2.75) is 84.7 Å². The molecule has 0 radical (unpaired) electrons. The zero-order valence-corrected chi connectivity index (χ0v) is 13.8. The van der Waals surface area contributed by atoms with Gasteiger partial charge in [-0.3, -0.25) is 9.59 Å². The van der Waals surface area contributed by atoms with Crippen molar-refractivity contribution in [1.82, 2.24) is 0 Å². The quantitative estimate of drug-likeness (QED) is 0.706. The van der Waals surface area contributed by atoms with Crippen LogP contribution in [0.1, 0.15) is 60.3 Å². The number of ether oxygens (including phenoxy) is 3. The lowest BCUT2D eigenvalue weighted by Gasteiger charge is -2.35. The summed E-state index contributed by atoms with van der Waals surface area (Å²) in [6.07, 6.45) is 2.61. The van der Waals surface area contributed by atoms with Crippen molar-refractivity contribution in [2.24, 2.45) is 5.92 Å². The first-order chi connectivity index (χ1) is 9.76. The number of hydrogen-bond acceptors (Lipinski definition) is 5. The second-order valence-corrected chi connectivity index (χ2v) is 6.37. The van der Waals surface area contributed by atoms with E-state index in [4.69, 9.17) is 14.2 Å². The Labute approximate surface area is 127 Å². The average molecular weight is 300 g/mol. The third-order valence-electron chi connectivity index (χ3n) is 3.47. The lowest BCUT2D eigenvalue weighted by atomic mass is 9.94. The van der Waals surface area contributed by atoms with Gasteiger partial charge in [-0.25, -0.2) is 0 Å². The van der Waals surface area contributed by atoms with Crippen LogP contribution >= 0.6 is 0 Å². The van der Waals surface area contributed by atoms with Crippen molar-refractivity contribution in [3.8, 4) is 0 Å². The minimum atomic E-state index is -0.263. The lowest BCUT2D eigenvalue weighted by molar-refractivity contribution is -0.162. The van der Waals surface area contributed by atoms with E-state index >= 15 is 0 Å². The predicted molar refractivity (Wildman–Crippen MR) is 78.7 cm³/mol. The normalized spacial score (nSPS) is 27.2. The van der Waals surface area contributed by atoms with Crippen LogP contribution in [0.2, 0.25) is 0 Å². The largest absolute Gasteiger partial charge is 0.462 e. The summed E-state index contributed by atoms with van der Waals surface area (Å²) in [5.41, 5.74) is 0. The molecule has 0 aromatic carbocycles. The average Bonchev–Trinajstić information content (AvgIpc) is 2.24. The van der Waals surface area contributed by atoms with Gasteiger partial charge in [-0.1, -0.05) is 13.8 Å². The van der Waals surface area contributed by atoms with Gasteiger partial charge in [-0.05, 0) is 19.3 Å². The van der Waals surface area contributed by atoms with Crippen LogP contribution in [0, 0.1) is 5.92 Å². The van der Waals surface area contributed by atoms with Crippen molar-refractivity contribution >= 4 is 11.9 Å². The Morgan fingerprint density at radius 1 is 1.19 bits per heavy atom. The smallest absolute Gasteiger partial charge is 0.302 e. The number of carbonyl (C=O) groups is 2. The molecule has 1 aliphatic heterocycles. The Balaban J connectivity index is 2.59. The van der Waals surface area contributed by atoms with Crippen molar-refractivity contribution in [3.05, 3.63) is 0 Å². The van der Waals surface area contributed by atoms with Gasteiger partial charge in [0.25, 0.3) is 0 Å². The van der Waals surface area contributed by atoms with Crippen LogP contribution in [0.5, 0.6) is 0 Å². The van der Waals surface area contributed by atoms with E-state index in [2.05, 4.69) is 13.8 Å². The molecule has 1 aliphatic rings. The molecule has 0 bridgehead atoms. The van der Waals surface area contributed by atoms with Crippen LogP contribution in [0.25, 0.3) is 0 Å². The molecule has 0 unspecified atom stereocenters. The first-order valence-corrected chi connectivity index (χ1v) is 7.76. The van der Waals surface area contributed by atoms with E-state index in [1.807, 2.05) is 6.92 Å². The van der Waals surface area contributed by atoms with E-state index in [9.17, 15) is 9.59 Å². The number of hydrogen-bond donors (Lipinski definition) is 0. The molecule has 1 rings (SSSR count). The molecular formula is C16H28O5. The summed E-state index contributed by atoms with van der Waals surface area (Å²) in [4.78, 5) is 22.3. The first-order valence-electron chi connectivity index (χ1n) is 7.76. The standard InChI is InChI=1S/C16H28O5/c1-10(2)6-14(20-12(4)17)8-16-9-15(21-13(5)18)7-11(3)19-16/h10-11,14-16H,6-9H2,1-5H3/t11-,14+,15+,16+/m0/s1. The minimum absolute atomic E-state index is 0.0406. The maximum atomic E-state index is 11.2. The molecule has 5 nitrogen and oxygen atoms in total. The highest BCUT2D eigenvalue weighted by Crippen LogP contribution is 2.27. The molecule has 0 saturated carbocycles. The predicted octanol–water partition coefficient (Wildman–Crippen LogP) is 2.85. The highest BCUT2D eigenvalue weighted by atomic mass is 16.6. The molecule has 1 heterocycles. The van der Waals surface area contributed by atoms with Crippen LogP contribution in [0.3, 0.4) is 0 Å². The minimum Gasteiger partial charge on any atom is -0.462 e. The van der Waals surface area contributed by atoms with Gasteiger partial charge in [0, 0.05) is 33.1 Å². The van der Waals surface area contributed by atoms with Crippen LogP contribution in [0.15, 0.2) is 0 Å². The molecule has 0 N–H and O–H groups in total. The van der Waals surface area contributed by atoms with Gasteiger partial charge in [0.05, 0.1) is 12.2 Å². The third-order valence-corrected chi connectivity index (χ3v) is 3.47. The van der Waals surface area contributed by atoms with Crippen LogP contribution in [-0.2, 0) is 23.8 Å². The summed E-state index contributed by atoms with van der Waals surface area (Å²) < 4.78 is 16.6. The maximum Gasteiger partial charge on any atom is 0.302 e. The molecule has 0 amide bonds. The van der Waals surface area contributed by atoms with E-state index in [0.29, 0.717) is 18.8 Å². The van der Waals surface area contributed by atoms with Gasteiger partial charge in [-0.2, -0.15) is 0 Å². The Morgan fingerprint density at radius 2 is 1.86 bits per heavy atom. The van der Waals surface area contributed by atoms with Gasteiger partial charge >= 0.3 is 11.9 Å². The van der Waals surface area contributed by atoms with Crippen LogP contribution in [0.4, 0.5) is 0 Å². The van der Waals surface area contributed by atoms with Crippen molar-refractivity contribution in [3.63, 3.8) is 0 Å². The monoisotopic (exact) mass is 300 g/mol. The number of esters is 2. The summed E-state index contributed by atoms with van der Waals surface area (Å²) in [6, 6.07) is 0. The molecular weight excluding hydrogens is 272 g/mol. The van der Waals surface area contributed by atoms with E-state index in [-0.39, 0.29) is 36.4 Å². The van der Waals surface area contributed by atoms with Gasteiger partial charge in [0.1, 0.15) is 12.2 Å². The fourth-order valence-corrected chi connectivity index (χ4v) is 2.93. The van der Waals surface area contributed by atoms with Gasteiger partial charge < -0.3 is 14.2 Å². The third kappa shape index (κ3) is 7.46. The fourth-order valence-electron chi connectivity index (χ4n) is 2.93. The highest BCUT2D eigenvalue weighted by Gasteiger charge is 2.31. The molecule has 0 spiro atoms. The molecule has 0 aromatic rings. The van der Waals surface area contributed by atoms with Gasteiger partial charge in [0.2, 0.25) is 0 Å². The van der Waals surface area contributed by atoms with E-state index in [1.54, 1.807) is 0 Å². The van der Waals surface area contributed by atoms with E-state index < -0.39 is 0 Å². The summed E-state index contributed by atoms with van der Waals surface area (Å²) in [5, 5.41) is 0. The van der Waals surface area contributed by atoms with Gasteiger partial charge in [-0.15, -0.1) is 0 Å².